The van der Waals surface area contributed by atoms with Crippen molar-refractivity contribution in [1.82, 2.24) is 20.4 Å². The van der Waals surface area contributed by atoms with Crippen molar-refractivity contribution in [2.75, 3.05) is 18.0 Å². The van der Waals surface area contributed by atoms with E-state index in [1.165, 1.54) is 6.33 Å². The standard InChI is InChI=1S/C20H22ClN5O2/c1-2-16-17-18(23-12-24-20(17)28-25-16)26-8-4-6-14(11-26)19(27)22-10-13-5-3-7-15(21)9-13/h3,5,7,9,12,14H,2,4,6,8,10-11H2,1H3,(H,22,27)/t14-/m0/s1. The Labute approximate surface area is 168 Å². The van der Waals surface area contributed by atoms with Gasteiger partial charge in [0.25, 0.3) is 5.71 Å². The van der Waals surface area contributed by atoms with Crippen LogP contribution in [0.4, 0.5) is 5.82 Å². The Morgan fingerprint density at radius 3 is 3.11 bits per heavy atom. The molecule has 7 nitrogen and oxygen atoms in total. The van der Waals surface area contributed by atoms with E-state index < -0.39 is 0 Å². The number of carbonyl (C=O) groups excluding carboxylic acids is 1. The first-order valence-corrected chi connectivity index (χ1v) is 9.90. The molecule has 0 saturated carbocycles. The molecule has 28 heavy (non-hydrogen) atoms. The van der Waals surface area contributed by atoms with Crippen LogP contribution in [0.3, 0.4) is 0 Å². The van der Waals surface area contributed by atoms with Gasteiger partial charge in [0.1, 0.15) is 17.5 Å². The number of aryl methyl sites for hydroxylation is 1. The lowest BCUT2D eigenvalue weighted by Gasteiger charge is -2.33. The van der Waals surface area contributed by atoms with Crippen molar-refractivity contribution in [2.24, 2.45) is 5.92 Å². The number of amides is 1. The zero-order valence-corrected chi connectivity index (χ0v) is 16.4. The van der Waals surface area contributed by atoms with E-state index in [0.29, 0.717) is 23.8 Å². The third-order valence-corrected chi connectivity index (χ3v) is 5.34. The lowest BCUT2D eigenvalue weighted by molar-refractivity contribution is -0.125. The average molecular weight is 400 g/mol. The average Bonchev–Trinajstić information content (AvgIpc) is 3.15. The summed E-state index contributed by atoms with van der Waals surface area (Å²) in [5, 5.41) is 8.66. The van der Waals surface area contributed by atoms with Crippen molar-refractivity contribution < 1.29 is 9.32 Å². The van der Waals surface area contributed by atoms with Crippen molar-refractivity contribution in [1.29, 1.82) is 0 Å². The van der Waals surface area contributed by atoms with E-state index in [1.807, 2.05) is 31.2 Å². The monoisotopic (exact) mass is 399 g/mol. The van der Waals surface area contributed by atoms with Gasteiger partial charge in [-0.25, -0.2) is 4.98 Å². The molecular weight excluding hydrogens is 378 g/mol. The van der Waals surface area contributed by atoms with Gasteiger partial charge in [0.2, 0.25) is 5.91 Å². The zero-order valence-electron chi connectivity index (χ0n) is 15.7. The van der Waals surface area contributed by atoms with Crippen LogP contribution in [0.25, 0.3) is 11.1 Å². The molecule has 3 aromatic rings. The molecule has 0 radical (unpaired) electrons. The lowest BCUT2D eigenvalue weighted by atomic mass is 9.96. The molecule has 3 heterocycles. The highest BCUT2D eigenvalue weighted by molar-refractivity contribution is 6.30. The summed E-state index contributed by atoms with van der Waals surface area (Å²) < 4.78 is 5.33. The Kier molecular flexibility index (Phi) is 5.43. The Morgan fingerprint density at radius 1 is 1.39 bits per heavy atom. The van der Waals surface area contributed by atoms with Gasteiger partial charge < -0.3 is 14.7 Å². The fourth-order valence-electron chi connectivity index (χ4n) is 3.67. The van der Waals surface area contributed by atoms with Gasteiger partial charge in [0, 0.05) is 24.7 Å². The minimum atomic E-state index is -0.0945. The number of hydrogen-bond acceptors (Lipinski definition) is 6. The Balaban J connectivity index is 1.47. The number of halogens is 1. The smallest absolute Gasteiger partial charge is 0.263 e. The highest BCUT2D eigenvalue weighted by atomic mass is 35.5. The number of piperidine rings is 1. The van der Waals surface area contributed by atoms with E-state index >= 15 is 0 Å². The number of fused-ring (bicyclic) bond motifs is 1. The number of benzene rings is 1. The fourth-order valence-corrected chi connectivity index (χ4v) is 3.88. The van der Waals surface area contributed by atoms with Crippen LogP contribution in [0.2, 0.25) is 5.02 Å². The Bertz CT molecular complexity index is 990. The maximum Gasteiger partial charge on any atom is 0.263 e. The summed E-state index contributed by atoms with van der Waals surface area (Å²) in [6.07, 6.45) is 4.01. The largest absolute Gasteiger partial charge is 0.355 e. The molecule has 1 atom stereocenters. The fraction of sp³-hybridized carbons (Fsp3) is 0.400. The molecule has 0 unspecified atom stereocenters. The first-order valence-electron chi connectivity index (χ1n) is 9.52. The first-order chi connectivity index (χ1) is 13.7. The summed E-state index contributed by atoms with van der Waals surface area (Å²) >= 11 is 6.01. The van der Waals surface area contributed by atoms with Crippen molar-refractivity contribution >= 4 is 34.4 Å². The number of nitrogens with one attached hydrogen (secondary N) is 1. The van der Waals surface area contributed by atoms with Crippen LogP contribution in [-0.2, 0) is 17.8 Å². The third-order valence-electron chi connectivity index (χ3n) is 5.11. The molecule has 1 saturated heterocycles. The minimum Gasteiger partial charge on any atom is -0.355 e. The normalized spacial score (nSPS) is 17.1. The van der Waals surface area contributed by atoms with Gasteiger partial charge in [-0.3, -0.25) is 4.79 Å². The number of anilines is 1. The zero-order chi connectivity index (χ0) is 19.5. The summed E-state index contributed by atoms with van der Waals surface area (Å²) in [6.45, 7) is 3.95. The number of rotatable bonds is 5. The molecule has 1 aliphatic heterocycles. The molecule has 1 aromatic carbocycles. The second-order valence-electron chi connectivity index (χ2n) is 6.99. The van der Waals surface area contributed by atoms with E-state index in [4.69, 9.17) is 16.1 Å². The molecule has 0 aliphatic carbocycles. The summed E-state index contributed by atoms with van der Waals surface area (Å²) in [5.41, 5.74) is 2.33. The van der Waals surface area contributed by atoms with Gasteiger partial charge >= 0.3 is 0 Å². The van der Waals surface area contributed by atoms with E-state index in [9.17, 15) is 4.79 Å². The lowest BCUT2D eigenvalue weighted by Crippen LogP contribution is -2.43. The highest BCUT2D eigenvalue weighted by Gasteiger charge is 2.28. The second kappa shape index (κ2) is 8.14. The van der Waals surface area contributed by atoms with Gasteiger partial charge in [-0.05, 0) is 37.0 Å². The van der Waals surface area contributed by atoms with E-state index in [0.717, 1.165) is 48.3 Å². The SMILES string of the molecule is CCc1noc2ncnc(N3CCC[C@H](C(=O)NCc4cccc(Cl)c4)C3)c12. The Morgan fingerprint density at radius 2 is 2.29 bits per heavy atom. The highest BCUT2D eigenvalue weighted by Crippen LogP contribution is 2.30. The predicted octanol–water partition coefficient (Wildman–Crippen LogP) is 3.37. The van der Waals surface area contributed by atoms with Crippen molar-refractivity contribution in [3.05, 3.63) is 46.9 Å². The first kappa shape index (κ1) is 18.7. The quantitative estimate of drug-likeness (QED) is 0.708. The third kappa shape index (κ3) is 3.80. The van der Waals surface area contributed by atoms with Crippen LogP contribution in [0, 0.1) is 5.92 Å². The predicted molar refractivity (Wildman–Crippen MR) is 107 cm³/mol. The molecule has 146 valence electrons. The van der Waals surface area contributed by atoms with Crippen LogP contribution in [0.1, 0.15) is 31.0 Å². The number of aromatic nitrogens is 3. The number of nitrogens with zero attached hydrogens (tertiary/aromatic N) is 4. The maximum absolute atomic E-state index is 12.7. The minimum absolute atomic E-state index is 0.0519. The van der Waals surface area contributed by atoms with E-state index in [1.54, 1.807) is 0 Å². The van der Waals surface area contributed by atoms with Gasteiger partial charge in [-0.1, -0.05) is 35.8 Å². The summed E-state index contributed by atoms with van der Waals surface area (Å²) in [4.78, 5) is 23.5. The maximum atomic E-state index is 12.7. The molecule has 8 heteroatoms. The van der Waals surface area contributed by atoms with E-state index in [-0.39, 0.29) is 11.8 Å². The summed E-state index contributed by atoms with van der Waals surface area (Å²) in [5.74, 6) is 0.759. The molecule has 1 N–H and O–H groups in total. The summed E-state index contributed by atoms with van der Waals surface area (Å²) in [7, 11) is 0. The molecule has 0 spiro atoms. The molecule has 0 bridgehead atoms. The van der Waals surface area contributed by atoms with Crippen LogP contribution >= 0.6 is 11.6 Å². The summed E-state index contributed by atoms with van der Waals surface area (Å²) in [6, 6.07) is 7.53. The Hall–Kier alpha value is -2.67. The molecule has 1 aliphatic rings. The molecular formula is C20H22ClN5O2. The van der Waals surface area contributed by atoms with E-state index in [2.05, 4.69) is 25.3 Å². The van der Waals surface area contributed by atoms with Crippen molar-refractivity contribution in [3.8, 4) is 0 Å². The number of hydrogen-bond donors (Lipinski definition) is 1. The van der Waals surface area contributed by atoms with Gasteiger partial charge in [0.05, 0.1) is 11.6 Å². The molecule has 1 fully saturated rings. The van der Waals surface area contributed by atoms with Gasteiger partial charge in [0.15, 0.2) is 0 Å². The molecule has 1 amide bonds. The van der Waals surface area contributed by atoms with Gasteiger partial charge in [-0.2, -0.15) is 4.98 Å². The van der Waals surface area contributed by atoms with Crippen LogP contribution in [0.15, 0.2) is 35.1 Å². The molecule has 4 rings (SSSR count). The van der Waals surface area contributed by atoms with Gasteiger partial charge in [-0.15, -0.1) is 0 Å². The van der Waals surface area contributed by atoms with Crippen molar-refractivity contribution in [2.45, 2.75) is 32.7 Å². The van der Waals surface area contributed by atoms with Crippen LogP contribution in [-0.4, -0.2) is 34.1 Å². The molecule has 2 aromatic heterocycles. The van der Waals surface area contributed by atoms with Crippen molar-refractivity contribution in [3.63, 3.8) is 0 Å². The second-order valence-corrected chi connectivity index (χ2v) is 7.43. The topological polar surface area (TPSA) is 84.2 Å². The van der Waals surface area contributed by atoms with Crippen LogP contribution in [0.5, 0.6) is 0 Å². The number of carbonyl (C=O) groups is 1. The van der Waals surface area contributed by atoms with Crippen LogP contribution < -0.4 is 10.2 Å².